The van der Waals surface area contributed by atoms with Gasteiger partial charge in [0.15, 0.2) is 0 Å². The van der Waals surface area contributed by atoms with Crippen LogP contribution in [0.5, 0.6) is 5.75 Å². The number of nitrogens with one attached hydrogen (secondary N) is 1. The van der Waals surface area contributed by atoms with Gasteiger partial charge in [-0.3, -0.25) is 4.79 Å². The van der Waals surface area contributed by atoms with Crippen LogP contribution in [-0.2, 0) is 22.7 Å². The predicted octanol–water partition coefficient (Wildman–Crippen LogP) is 6.14. The van der Waals surface area contributed by atoms with E-state index in [2.05, 4.69) is 5.32 Å². The van der Waals surface area contributed by atoms with Crippen molar-refractivity contribution >= 4 is 33.2 Å². The van der Waals surface area contributed by atoms with Crippen LogP contribution in [0.2, 0.25) is 5.02 Å². The molecule has 0 atom stereocenters. The minimum Gasteiger partial charge on any atom is -0.494 e. The number of rotatable bonds is 8. The van der Waals surface area contributed by atoms with Gasteiger partial charge in [0.05, 0.1) is 22.1 Å². The summed E-state index contributed by atoms with van der Waals surface area (Å²) >= 11 is 5.64. The summed E-state index contributed by atoms with van der Waals surface area (Å²) in [5.41, 5.74) is 0.272. The minimum atomic E-state index is -4.68. The van der Waals surface area contributed by atoms with Gasteiger partial charge >= 0.3 is 6.18 Å². The van der Waals surface area contributed by atoms with Crippen LogP contribution in [0, 0.1) is 6.92 Å². The normalized spacial score (nSPS) is 12.0. The molecule has 0 heterocycles. The van der Waals surface area contributed by atoms with Crippen molar-refractivity contribution in [2.24, 2.45) is 0 Å². The van der Waals surface area contributed by atoms with Gasteiger partial charge in [-0.25, -0.2) is 8.42 Å². The molecule has 0 spiro atoms. The van der Waals surface area contributed by atoms with Crippen LogP contribution in [0.1, 0.15) is 34.0 Å². The molecule has 192 valence electrons. The van der Waals surface area contributed by atoms with E-state index in [1.807, 2.05) is 6.92 Å². The first-order valence-electron chi connectivity index (χ1n) is 10.8. The molecule has 3 aromatic rings. The van der Waals surface area contributed by atoms with Crippen molar-refractivity contribution in [2.45, 2.75) is 31.5 Å². The highest BCUT2D eigenvalue weighted by atomic mass is 35.5. The van der Waals surface area contributed by atoms with E-state index in [4.69, 9.17) is 16.3 Å². The summed E-state index contributed by atoms with van der Waals surface area (Å²) in [4.78, 5) is 12.9. The smallest absolute Gasteiger partial charge is 0.417 e. The third-order valence-corrected chi connectivity index (χ3v) is 7.42. The molecule has 1 amide bonds. The number of carbonyl (C=O) groups excluding carboxylic acids is 1. The molecule has 0 unspecified atom stereocenters. The molecular weight excluding hydrogens is 517 g/mol. The Kier molecular flexibility index (Phi) is 8.33. The van der Waals surface area contributed by atoms with Gasteiger partial charge in [0.2, 0.25) is 10.0 Å². The lowest BCUT2D eigenvalue weighted by Gasteiger charge is -2.20. The molecule has 0 fully saturated rings. The van der Waals surface area contributed by atoms with Gasteiger partial charge < -0.3 is 10.1 Å². The molecule has 6 nitrogen and oxygen atoms in total. The number of halogens is 4. The Morgan fingerprint density at radius 1 is 1.06 bits per heavy atom. The van der Waals surface area contributed by atoms with Crippen LogP contribution in [0.15, 0.2) is 65.6 Å². The van der Waals surface area contributed by atoms with Crippen molar-refractivity contribution in [1.29, 1.82) is 0 Å². The number of carbonyl (C=O) groups is 1. The van der Waals surface area contributed by atoms with Gasteiger partial charge in [-0.1, -0.05) is 29.3 Å². The average molecular weight is 541 g/mol. The Morgan fingerprint density at radius 3 is 2.33 bits per heavy atom. The van der Waals surface area contributed by atoms with Crippen molar-refractivity contribution in [1.82, 2.24) is 4.31 Å². The average Bonchev–Trinajstić information content (AvgIpc) is 2.81. The van der Waals surface area contributed by atoms with Gasteiger partial charge in [-0.05, 0) is 62.4 Å². The van der Waals surface area contributed by atoms with Crippen LogP contribution in [0.25, 0.3) is 0 Å². The maximum absolute atomic E-state index is 13.2. The standard InChI is InChI=1S/C25H24ClF3N2O4S/c1-4-35-23-12-7-17(24(32)30-19-8-11-22(26)21(14-19)25(27,28)29)13-18(23)15-31(3)36(33,34)20-9-5-16(2)6-10-20/h5-14H,4,15H2,1-3H3,(H,30,32). The molecule has 0 saturated heterocycles. The Labute approximate surface area is 212 Å². The molecule has 0 aromatic heterocycles. The minimum absolute atomic E-state index is 0.0915. The number of nitrogens with zero attached hydrogens (tertiary/aromatic N) is 1. The highest BCUT2D eigenvalue weighted by molar-refractivity contribution is 7.89. The molecule has 36 heavy (non-hydrogen) atoms. The Morgan fingerprint density at radius 2 is 1.72 bits per heavy atom. The van der Waals surface area contributed by atoms with E-state index in [1.54, 1.807) is 19.1 Å². The maximum atomic E-state index is 13.2. The number of aryl methyl sites for hydroxylation is 1. The number of ether oxygens (including phenoxy) is 1. The van der Waals surface area contributed by atoms with Crippen LogP contribution < -0.4 is 10.1 Å². The molecule has 0 aliphatic rings. The van der Waals surface area contributed by atoms with Crippen molar-refractivity contribution < 1.29 is 31.1 Å². The van der Waals surface area contributed by atoms with Crippen LogP contribution in [0.4, 0.5) is 18.9 Å². The van der Waals surface area contributed by atoms with Gasteiger partial charge in [-0.15, -0.1) is 0 Å². The number of anilines is 1. The van der Waals surface area contributed by atoms with Gasteiger partial charge in [-0.2, -0.15) is 17.5 Å². The second-order valence-electron chi connectivity index (χ2n) is 7.98. The summed E-state index contributed by atoms with van der Waals surface area (Å²) in [6.45, 7) is 3.80. The van der Waals surface area contributed by atoms with E-state index in [9.17, 15) is 26.4 Å². The number of amides is 1. The fourth-order valence-corrected chi connectivity index (χ4v) is 4.75. The molecule has 3 aromatic carbocycles. The van der Waals surface area contributed by atoms with Crippen molar-refractivity contribution in [3.8, 4) is 5.75 Å². The third kappa shape index (κ3) is 6.37. The van der Waals surface area contributed by atoms with Crippen LogP contribution >= 0.6 is 11.6 Å². The number of benzene rings is 3. The monoisotopic (exact) mass is 540 g/mol. The molecule has 0 radical (unpaired) electrons. The molecule has 3 rings (SSSR count). The van der Waals surface area contributed by atoms with E-state index < -0.39 is 32.7 Å². The van der Waals surface area contributed by atoms with Crippen LogP contribution in [0.3, 0.4) is 0 Å². The van der Waals surface area contributed by atoms with Crippen molar-refractivity contribution in [2.75, 3.05) is 19.0 Å². The lowest BCUT2D eigenvalue weighted by molar-refractivity contribution is -0.137. The SMILES string of the molecule is CCOc1ccc(C(=O)Nc2ccc(Cl)c(C(F)(F)F)c2)cc1CN(C)S(=O)(=O)c1ccc(C)cc1. The topological polar surface area (TPSA) is 75.7 Å². The molecule has 0 bridgehead atoms. The predicted molar refractivity (Wildman–Crippen MR) is 132 cm³/mol. The molecule has 0 aliphatic carbocycles. The molecule has 1 N–H and O–H groups in total. The molecule has 0 saturated carbocycles. The first-order valence-corrected chi connectivity index (χ1v) is 12.6. The van der Waals surface area contributed by atoms with Gasteiger partial charge in [0.25, 0.3) is 5.91 Å². The largest absolute Gasteiger partial charge is 0.494 e. The van der Waals surface area contributed by atoms with Crippen molar-refractivity contribution in [3.05, 3.63) is 87.9 Å². The van der Waals surface area contributed by atoms with E-state index >= 15 is 0 Å². The molecule has 0 aliphatic heterocycles. The lowest BCUT2D eigenvalue weighted by Crippen LogP contribution is -2.27. The fourth-order valence-electron chi connectivity index (χ4n) is 3.38. The summed E-state index contributed by atoms with van der Waals surface area (Å²) < 4.78 is 72.2. The third-order valence-electron chi connectivity index (χ3n) is 5.27. The lowest BCUT2D eigenvalue weighted by atomic mass is 10.1. The summed E-state index contributed by atoms with van der Waals surface area (Å²) in [5.74, 6) is -0.301. The first kappa shape index (κ1) is 27.5. The highest BCUT2D eigenvalue weighted by Crippen LogP contribution is 2.36. The van der Waals surface area contributed by atoms with E-state index in [-0.39, 0.29) is 22.7 Å². The Hall–Kier alpha value is -3.08. The number of sulfonamides is 1. The number of hydrogen-bond acceptors (Lipinski definition) is 4. The summed E-state index contributed by atoms with van der Waals surface area (Å²) in [5, 5.41) is 1.94. The zero-order valence-corrected chi connectivity index (χ0v) is 21.3. The molecule has 11 heteroatoms. The number of hydrogen-bond donors (Lipinski definition) is 1. The maximum Gasteiger partial charge on any atom is 0.417 e. The number of alkyl halides is 3. The summed E-state index contributed by atoms with van der Waals surface area (Å²) in [6, 6.07) is 13.9. The zero-order chi connectivity index (χ0) is 26.7. The molecular formula is C25H24ClF3N2O4S. The van der Waals surface area contributed by atoms with Crippen LogP contribution in [-0.4, -0.2) is 32.3 Å². The van der Waals surface area contributed by atoms with E-state index in [0.717, 1.165) is 22.0 Å². The zero-order valence-electron chi connectivity index (χ0n) is 19.7. The summed E-state index contributed by atoms with van der Waals surface area (Å²) in [6.07, 6.45) is -4.68. The van der Waals surface area contributed by atoms with Gasteiger partial charge in [0.1, 0.15) is 5.75 Å². The van der Waals surface area contributed by atoms with E-state index in [1.165, 1.54) is 43.4 Å². The second kappa shape index (κ2) is 10.9. The van der Waals surface area contributed by atoms with Gasteiger partial charge in [0, 0.05) is 30.4 Å². The quantitative estimate of drug-likeness (QED) is 0.372. The highest BCUT2D eigenvalue weighted by Gasteiger charge is 2.33. The second-order valence-corrected chi connectivity index (χ2v) is 10.4. The first-order chi connectivity index (χ1) is 16.8. The Balaban J connectivity index is 1.88. The van der Waals surface area contributed by atoms with E-state index in [0.29, 0.717) is 17.9 Å². The fraction of sp³-hybridized carbons (Fsp3) is 0.240. The van der Waals surface area contributed by atoms with Crippen molar-refractivity contribution in [3.63, 3.8) is 0 Å². The summed E-state index contributed by atoms with van der Waals surface area (Å²) in [7, 11) is -2.43. The Bertz CT molecular complexity index is 1360.